The van der Waals surface area contributed by atoms with E-state index in [1.807, 2.05) is 31.2 Å². The molecule has 0 unspecified atom stereocenters. The lowest BCUT2D eigenvalue weighted by molar-refractivity contribution is -0.125. The Bertz CT molecular complexity index is 927. The molecule has 0 aliphatic carbocycles. The Morgan fingerprint density at radius 2 is 1.83 bits per heavy atom. The second-order valence-corrected chi connectivity index (χ2v) is 8.43. The first-order valence-corrected chi connectivity index (χ1v) is 11.4. The average Bonchev–Trinajstić information content (AvgIpc) is 2.79. The summed E-state index contributed by atoms with van der Waals surface area (Å²) >= 11 is 0. The molecule has 30 heavy (non-hydrogen) atoms. The minimum Gasteiger partial charge on any atom is -0.355 e. The topological polar surface area (TPSA) is 70.5 Å². The maximum atomic E-state index is 13.0. The van der Waals surface area contributed by atoms with Gasteiger partial charge in [0.15, 0.2) is 5.82 Å². The zero-order chi connectivity index (χ0) is 20.9. The lowest BCUT2D eigenvalue weighted by atomic mass is 9.96. The molecule has 1 aromatic heterocycles. The highest BCUT2D eigenvalue weighted by atomic mass is 16.2. The highest BCUT2D eigenvalue weighted by Gasteiger charge is 2.27. The van der Waals surface area contributed by atoms with Crippen molar-refractivity contribution in [2.75, 3.05) is 44.2 Å². The Balaban J connectivity index is 1.34. The largest absolute Gasteiger partial charge is 0.355 e. The number of carbonyl (C=O) groups is 1. The van der Waals surface area contributed by atoms with Crippen molar-refractivity contribution in [3.8, 4) is 0 Å². The Kier molecular flexibility index (Phi) is 6.67. The molecule has 2 aliphatic heterocycles. The van der Waals surface area contributed by atoms with Crippen molar-refractivity contribution in [3.63, 3.8) is 0 Å². The van der Waals surface area contributed by atoms with Crippen LogP contribution in [0, 0.1) is 5.92 Å². The van der Waals surface area contributed by atoms with Gasteiger partial charge in [-0.3, -0.25) is 9.59 Å². The van der Waals surface area contributed by atoms with Crippen LogP contribution in [0.25, 0.3) is 11.0 Å². The van der Waals surface area contributed by atoms with E-state index in [0.717, 1.165) is 50.1 Å². The molecule has 2 aliphatic rings. The Labute approximate surface area is 178 Å². The van der Waals surface area contributed by atoms with E-state index in [4.69, 9.17) is 0 Å². The number of nitrogens with zero attached hydrogens (tertiary/aromatic N) is 4. The minimum absolute atomic E-state index is 0.0245. The van der Waals surface area contributed by atoms with Crippen LogP contribution in [-0.2, 0) is 11.3 Å². The summed E-state index contributed by atoms with van der Waals surface area (Å²) in [5.41, 5.74) is 1.67. The van der Waals surface area contributed by atoms with Gasteiger partial charge in [0.2, 0.25) is 5.91 Å². The molecular weight excluding hydrogens is 378 g/mol. The van der Waals surface area contributed by atoms with Crippen LogP contribution in [0.4, 0.5) is 5.82 Å². The molecule has 0 atom stereocenters. The number of anilines is 1. The molecule has 2 fully saturated rings. The van der Waals surface area contributed by atoms with Gasteiger partial charge in [-0.05, 0) is 57.8 Å². The number of hydrogen-bond donors (Lipinski definition) is 1. The van der Waals surface area contributed by atoms with Crippen molar-refractivity contribution >= 4 is 22.8 Å². The van der Waals surface area contributed by atoms with Gasteiger partial charge in [-0.1, -0.05) is 18.6 Å². The van der Waals surface area contributed by atoms with Gasteiger partial charge in [0, 0.05) is 38.6 Å². The first-order valence-electron chi connectivity index (χ1n) is 11.4. The average molecular weight is 412 g/mol. The molecule has 0 saturated carbocycles. The quantitative estimate of drug-likeness (QED) is 0.789. The minimum atomic E-state index is -0.0411. The fraction of sp³-hybridized carbons (Fsp3) is 0.609. The summed E-state index contributed by atoms with van der Waals surface area (Å²) in [5.74, 6) is 0.695. The number of carbonyl (C=O) groups excluding carboxylic acids is 1. The van der Waals surface area contributed by atoms with Gasteiger partial charge >= 0.3 is 0 Å². The van der Waals surface area contributed by atoms with Crippen LogP contribution in [0.5, 0.6) is 0 Å². The van der Waals surface area contributed by atoms with Gasteiger partial charge in [-0.15, -0.1) is 0 Å². The molecule has 162 valence electrons. The van der Waals surface area contributed by atoms with Crippen molar-refractivity contribution < 1.29 is 4.79 Å². The van der Waals surface area contributed by atoms with E-state index in [0.29, 0.717) is 25.5 Å². The molecule has 3 heterocycles. The molecule has 0 spiro atoms. The SMILES string of the molecule is CCn1c(=O)c(N2CCC(C(=O)NCCN3CCCCC3)CC2)nc2ccccc21. The van der Waals surface area contributed by atoms with E-state index in [9.17, 15) is 9.59 Å². The summed E-state index contributed by atoms with van der Waals surface area (Å²) in [6.07, 6.45) is 5.39. The second-order valence-electron chi connectivity index (χ2n) is 8.43. The third-order valence-corrected chi connectivity index (χ3v) is 6.49. The highest BCUT2D eigenvalue weighted by molar-refractivity contribution is 5.79. The zero-order valence-corrected chi connectivity index (χ0v) is 18.0. The van der Waals surface area contributed by atoms with Gasteiger partial charge < -0.3 is 19.7 Å². The predicted octanol–water partition coefficient (Wildman–Crippen LogP) is 2.23. The number of fused-ring (bicyclic) bond motifs is 1. The summed E-state index contributed by atoms with van der Waals surface area (Å²) in [6, 6.07) is 7.78. The summed E-state index contributed by atoms with van der Waals surface area (Å²) in [7, 11) is 0. The molecule has 0 radical (unpaired) electrons. The number of aromatic nitrogens is 2. The molecule has 0 bridgehead atoms. The first kappa shape index (κ1) is 20.8. The molecule has 1 amide bonds. The third-order valence-electron chi connectivity index (χ3n) is 6.49. The highest BCUT2D eigenvalue weighted by Crippen LogP contribution is 2.22. The third kappa shape index (κ3) is 4.51. The number of para-hydroxylation sites is 2. The standard InChI is InChI=1S/C23H33N5O2/c1-2-28-20-9-5-4-8-19(20)25-21(23(28)30)27-15-10-18(11-16-27)22(29)24-12-17-26-13-6-3-7-14-26/h4-5,8-9,18H,2-3,6-7,10-17H2,1H3,(H,24,29). The zero-order valence-electron chi connectivity index (χ0n) is 18.0. The van der Waals surface area contributed by atoms with Crippen LogP contribution in [0.1, 0.15) is 39.0 Å². The molecule has 7 nitrogen and oxygen atoms in total. The Morgan fingerprint density at radius 3 is 2.57 bits per heavy atom. The van der Waals surface area contributed by atoms with Crippen LogP contribution >= 0.6 is 0 Å². The Hall–Kier alpha value is -2.41. The summed E-state index contributed by atoms with van der Waals surface area (Å²) < 4.78 is 1.79. The van der Waals surface area contributed by atoms with E-state index in [2.05, 4.69) is 20.1 Å². The van der Waals surface area contributed by atoms with Gasteiger partial charge in [-0.25, -0.2) is 4.98 Å². The number of rotatable bonds is 6. The first-order chi connectivity index (χ1) is 14.7. The predicted molar refractivity (Wildman–Crippen MR) is 120 cm³/mol. The van der Waals surface area contributed by atoms with Crippen molar-refractivity contribution in [2.45, 2.75) is 45.6 Å². The molecule has 1 aromatic carbocycles. The van der Waals surface area contributed by atoms with Crippen molar-refractivity contribution in [2.24, 2.45) is 5.92 Å². The number of likely N-dealkylation sites (tertiary alicyclic amines) is 1. The van der Waals surface area contributed by atoms with Gasteiger partial charge in [-0.2, -0.15) is 0 Å². The molecule has 7 heteroatoms. The lowest BCUT2D eigenvalue weighted by Crippen LogP contribution is -2.44. The molecular formula is C23H33N5O2. The maximum absolute atomic E-state index is 13.0. The maximum Gasteiger partial charge on any atom is 0.293 e. The van der Waals surface area contributed by atoms with E-state index in [1.54, 1.807) is 4.57 Å². The second kappa shape index (κ2) is 9.60. The molecule has 2 aromatic rings. The van der Waals surface area contributed by atoms with Crippen LogP contribution < -0.4 is 15.8 Å². The number of aryl methyl sites for hydroxylation is 1. The number of hydrogen-bond acceptors (Lipinski definition) is 5. The van der Waals surface area contributed by atoms with E-state index in [1.165, 1.54) is 19.3 Å². The number of benzene rings is 1. The van der Waals surface area contributed by atoms with E-state index < -0.39 is 0 Å². The number of piperidine rings is 2. The van der Waals surface area contributed by atoms with Gasteiger partial charge in [0.25, 0.3) is 5.56 Å². The summed E-state index contributed by atoms with van der Waals surface area (Å²) in [5, 5.41) is 3.13. The van der Waals surface area contributed by atoms with Crippen LogP contribution in [0.2, 0.25) is 0 Å². The van der Waals surface area contributed by atoms with Crippen molar-refractivity contribution in [1.82, 2.24) is 19.8 Å². The number of amides is 1. The number of nitrogens with one attached hydrogen (secondary N) is 1. The normalized spacial score (nSPS) is 18.6. The summed E-state index contributed by atoms with van der Waals surface area (Å²) in [6.45, 7) is 7.96. The van der Waals surface area contributed by atoms with Crippen LogP contribution in [-0.4, -0.2) is 59.6 Å². The fourth-order valence-corrected chi connectivity index (χ4v) is 4.72. The van der Waals surface area contributed by atoms with Crippen molar-refractivity contribution in [3.05, 3.63) is 34.6 Å². The van der Waals surface area contributed by atoms with Crippen LogP contribution in [0.15, 0.2) is 29.1 Å². The van der Waals surface area contributed by atoms with Crippen molar-refractivity contribution in [1.29, 1.82) is 0 Å². The van der Waals surface area contributed by atoms with Gasteiger partial charge in [0.1, 0.15) is 0 Å². The smallest absolute Gasteiger partial charge is 0.293 e. The Morgan fingerprint density at radius 1 is 1.10 bits per heavy atom. The lowest BCUT2D eigenvalue weighted by Gasteiger charge is -2.32. The monoisotopic (exact) mass is 411 g/mol. The van der Waals surface area contributed by atoms with E-state index >= 15 is 0 Å². The van der Waals surface area contributed by atoms with Crippen LogP contribution in [0.3, 0.4) is 0 Å². The summed E-state index contributed by atoms with van der Waals surface area (Å²) in [4.78, 5) is 34.8. The fourth-order valence-electron chi connectivity index (χ4n) is 4.72. The van der Waals surface area contributed by atoms with Gasteiger partial charge in [0.05, 0.1) is 11.0 Å². The molecule has 1 N–H and O–H groups in total. The van der Waals surface area contributed by atoms with E-state index in [-0.39, 0.29) is 17.4 Å². The molecule has 4 rings (SSSR count). The molecule has 2 saturated heterocycles.